The van der Waals surface area contributed by atoms with E-state index in [2.05, 4.69) is 0 Å². The first-order chi connectivity index (χ1) is 6.22. The van der Waals surface area contributed by atoms with E-state index in [0.717, 1.165) is 11.1 Å². The first kappa shape index (κ1) is 10.4. The van der Waals surface area contributed by atoms with Crippen molar-refractivity contribution in [1.82, 2.24) is 0 Å². The van der Waals surface area contributed by atoms with Crippen LogP contribution >= 0.6 is 0 Å². The van der Waals surface area contributed by atoms with Crippen LogP contribution in [-0.2, 0) is 28.2 Å². The summed E-state index contributed by atoms with van der Waals surface area (Å²) in [6.07, 6.45) is 0. The molecule has 4 heteroatoms. The fraction of sp³-hybridized carbons (Fsp3) is 0.333. The SMILES string of the molecule is COCc1ccc(CS(=O)O)cc1. The molecule has 0 radical (unpaired) electrons. The first-order valence-corrected chi connectivity index (χ1v) is 5.14. The van der Waals surface area contributed by atoms with Crippen LogP contribution in [0.15, 0.2) is 24.3 Å². The predicted octanol–water partition coefficient (Wildman–Crippen LogP) is 1.55. The van der Waals surface area contributed by atoms with Crippen molar-refractivity contribution in [3.63, 3.8) is 0 Å². The van der Waals surface area contributed by atoms with Crippen LogP contribution in [0.25, 0.3) is 0 Å². The lowest BCUT2D eigenvalue weighted by molar-refractivity contribution is 0.185. The molecule has 0 aliphatic carbocycles. The van der Waals surface area contributed by atoms with Crippen molar-refractivity contribution < 1.29 is 13.5 Å². The Bertz CT molecular complexity index is 281. The Morgan fingerprint density at radius 3 is 2.31 bits per heavy atom. The van der Waals surface area contributed by atoms with Crippen LogP contribution in [-0.4, -0.2) is 15.9 Å². The highest BCUT2D eigenvalue weighted by molar-refractivity contribution is 7.78. The van der Waals surface area contributed by atoms with Crippen molar-refractivity contribution in [3.05, 3.63) is 35.4 Å². The molecule has 0 heterocycles. The van der Waals surface area contributed by atoms with Crippen molar-refractivity contribution >= 4 is 11.1 Å². The average molecular weight is 200 g/mol. The summed E-state index contributed by atoms with van der Waals surface area (Å²) in [5.74, 6) is 0.188. The van der Waals surface area contributed by atoms with E-state index in [1.54, 1.807) is 7.11 Å². The largest absolute Gasteiger partial charge is 0.380 e. The Labute approximate surface area is 80.0 Å². The third-order valence-electron chi connectivity index (χ3n) is 1.62. The zero-order chi connectivity index (χ0) is 9.68. The van der Waals surface area contributed by atoms with E-state index in [9.17, 15) is 4.21 Å². The maximum atomic E-state index is 10.5. The van der Waals surface area contributed by atoms with Crippen LogP contribution in [0, 0.1) is 0 Å². The molecule has 3 nitrogen and oxygen atoms in total. The Balaban J connectivity index is 2.64. The highest BCUT2D eigenvalue weighted by Gasteiger charge is 1.97. The number of hydrogen-bond donors (Lipinski definition) is 1. The third kappa shape index (κ3) is 3.67. The standard InChI is InChI=1S/C9H12O3S/c1-12-6-8-2-4-9(5-3-8)7-13(10)11/h2-5H,6-7H2,1H3,(H,10,11). The van der Waals surface area contributed by atoms with Gasteiger partial charge in [0.25, 0.3) is 0 Å². The lowest BCUT2D eigenvalue weighted by atomic mass is 10.2. The molecule has 1 N–H and O–H groups in total. The normalized spacial score (nSPS) is 12.8. The van der Waals surface area contributed by atoms with Crippen molar-refractivity contribution in [2.45, 2.75) is 12.4 Å². The zero-order valence-electron chi connectivity index (χ0n) is 7.40. The molecule has 0 spiro atoms. The molecule has 72 valence electrons. The van der Waals surface area contributed by atoms with Crippen LogP contribution in [0.1, 0.15) is 11.1 Å². The number of ether oxygens (including phenoxy) is 1. The van der Waals surface area contributed by atoms with Gasteiger partial charge >= 0.3 is 0 Å². The molecular formula is C9H12O3S. The van der Waals surface area contributed by atoms with Gasteiger partial charge in [-0.25, -0.2) is 4.21 Å². The maximum Gasteiger partial charge on any atom is 0.157 e. The van der Waals surface area contributed by atoms with Gasteiger partial charge in [-0.2, -0.15) is 0 Å². The molecule has 0 amide bonds. The maximum absolute atomic E-state index is 10.5. The van der Waals surface area contributed by atoms with Gasteiger partial charge in [0, 0.05) is 7.11 Å². The van der Waals surface area contributed by atoms with E-state index in [1.165, 1.54) is 0 Å². The minimum Gasteiger partial charge on any atom is -0.380 e. The molecular weight excluding hydrogens is 188 g/mol. The molecule has 0 saturated carbocycles. The summed E-state index contributed by atoms with van der Waals surface area (Å²) < 4.78 is 24.0. The third-order valence-corrected chi connectivity index (χ3v) is 2.20. The van der Waals surface area contributed by atoms with E-state index in [-0.39, 0.29) is 5.75 Å². The summed E-state index contributed by atoms with van der Waals surface area (Å²) >= 11 is -1.76. The summed E-state index contributed by atoms with van der Waals surface area (Å²) in [6, 6.07) is 7.46. The summed E-state index contributed by atoms with van der Waals surface area (Å²) in [6.45, 7) is 0.572. The fourth-order valence-electron chi connectivity index (χ4n) is 1.04. The van der Waals surface area contributed by atoms with E-state index in [4.69, 9.17) is 9.29 Å². The molecule has 1 aromatic carbocycles. The number of hydrogen-bond acceptors (Lipinski definition) is 2. The fourth-order valence-corrected chi connectivity index (χ4v) is 1.52. The molecule has 1 unspecified atom stereocenters. The zero-order valence-corrected chi connectivity index (χ0v) is 8.21. The van der Waals surface area contributed by atoms with Gasteiger partial charge in [-0.1, -0.05) is 24.3 Å². The Morgan fingerprint density at radius 2 is 1.85 bits per heavy atom. The Kier molecular flexibility index (Phi) is 4.08. The van der Waals surface area contributed by atoms with Crippen LogP contribution in [0.5, 0.6) is 0 Å². The highest BCUT2D eigenvalue weighted by Crippen LogP contribution is 2.06. The quantitative estimate of drug-likeness (QED) is 0.750. The van der Waals surface area contributed by atoms with Gasteiger partial charge in [0.2, 0.25) is 0 Å². The van der Waals surface area contributed by atoms with Gasteiger partial charge in [0.05, 0.1) is 12.4 Å². The van der Waals surface area contributed by atoms with Gasteiger partial charge in [0.1, 0.15) is 0 Å². The molecule has 1 rings (SSSR count). The smallest absolute Gasteiger partial charge is 0.157 e. The second-order valence-corrected chi connectivity index (χ2v) is 3.65. The molecule has 0 aliphatic heterocycles. The van der Waals surface area contributed by atoms with Crippen molar-refractivity contribution in [3.8, 4) is 0 Å². The van der Waals surface area contributed by atoms with Gasteiger partial charge < -0.3 is 9.29 Å². The molecule has 1 aromatic rings. The van der Waals surface area contributed by atoms with Crippen LogP contribution < -0.4 is 0 Å². The van der Waals surface area contributed by atoms with Crippen molar-refractivity contribution in [2.24, 2.45) is 0 Å². The molecule has 1 atom stereocenters. The second kappa shape index (κ2) is 5.11. The van der Waals surface area contributed by atoms with Gasteiger partial charge in [-0.05, 0) is 11.1 Å². The molecule has 0 saturated heterocycles. The minimum atomic E-state index is -1.76. The van der Waals surface area contributed by atoms with Crippen molar-refractivity contribution in [1.29, 1.82) is 0 Å². The number of methoxy groups -OCH3 is 1. The molecule has 0 bridgehead atoms. The van der Waals surface area contributed by atoms with Crippen LogP contribution in [0.4, 0.5) is 0 Å². The molecule has 0 fully saturated rings. The van der Waals surface area contributed by atoms with E-state index < -0.39 is 11.1 Å². The predicted molar refractivity (Wildman–Crippen MR) is 51.6 cm³/mol. The van der Waals surface area contributed by atoms with Crippen molar-refractivity contribution in [2.75, 3.05) is 7.11 Å². The van der Waals surface area contributed by atoms with Gasteiger partial charge in [-0.15, -0.1) is 0 Å². The van der Waals surface area contributed by atoms with E-state index in [1.807, 2.05) is 24.3 Å². The number of rotatable bonds is 4. The Hall–Kier alpha value is -0.710. The molecule has 0 aromatic heterocycles. The lowest BCUT2D eigenvalue weighted by Gasteiger charge is -2.00. The summed E-state index contributed by atoms with van der Waals surface area (Å²) in [5.41, 5.74) is 1.93. The van der Waals surface area contributed by atoms with Gasteiger partial charge in [-0.3, -0.25) is 0 Å². The monoisotopic (exact) mass is 200 g/mol. The average Bonchev–Trinajstić information content (AvgIpc) is 2.08. The molecule has 0 aliphatic rings. The highest BCUT2D eigenvalue weighted by atomic mass is 32.2. The summed E-state index contributed by atoms with van der Waals surface area (Å²) in [5, 5.41) is 0. The Morgan fingerprint density at radius 1 is 1.31 bits per heavy atom. The van der Waals surface area contributed by atoms with E-state index in [0.29, 0.717) is 6.61 Å². The first-order valence-electron chi connectivity index (χ1n) is 3.86. The second-order valence-electron chi connectivity index (χ2n) is 2.72. The van der Waals surface area contributed by atoms with E-state index >= 15 is 0 Å². The van der Waals surface area contributed by atoms with Crippen LogP contribution in [0.2, 0.25) is 0 Å². The summed E-state index contributed by atoms with van der Waals surface area (Å²) in [7, 11) is 1.64. The molecule has 13 heavy (non-hydrogen) atoms. The van der Waals surface area contributed by atoms with Gasteiger partial charge in [0.15, 0.2) is 11.1 Å². The lowest BCUT2D eigenvalue weighted by Crippen LogP contribution is -1.93. The minimum absolute atomic E-state index is 0.188. The summed E-state index contributed by atoms with van der Waals surface area (Å²) in [4.78, 5) is 0. The number of benzene rings is 1. The van der Waals surface area contributed by atoms with Crippen LogP contribution in [0.3, 0.4) is 0 Å². The topological polar surface area (TPSA) is 46.5 Å².